The summed E-state index contributed by atoms with van der Waals surface area (Å²) >= 11 is 0. The molecule has 3 rings (SSSR count). The number of carbonyl (C=O) groups excluding carboxylic acids is 2. The summed E-state index contributed by atoms with van der Waals surface area (Å²) in [6, 6.07) is 10.3. The summed E-state index contributed by atoms with van der Waals surface area (Å²) in [6.45, 7) is 0. The lowest BCUT2D eigenvalue weighted by Crippen LogP contribution is -2.48. The second-order valence-corrected chi connectivity index (χ2v) is 6.70. The second kappa shape index (κ2) is 9.03. The quantitative estimate of drug-likeness (QED) is 0.704. The Bertz CT molecular complexity index is 870. The number of rotatable bonds is 5. The van der Waals surface area contributed by atoms with Crippen LogP contribution >= 0.6 is 12.4 Å². The van der Waals surface area contributed by atoms with Crippen molar-refractivity contribution in [3.63, 3.8) is 0 Å². The van der Waals surface area contributed by atoms with Crippen molar-refractivity contribution in [1.29, 1.82) is 0 Å². The number of halogens is 2. The van der Waals surface area contributed by atoms with Crippen LogP contribution in [-0.4, -0.2) is 24.5 Å². The molecule has 6 nitrogen and oxygen atoms in total. The minimum absolute atomic E-state index is 0. The minimum Gasteiger partial charge on any atom is -0.495 e. The molecule has 28 heavy (non-hydrogen) atoms. The Morgan fingerprint density at radius 3 is 2.46 bits per heavy atom. The van der Waals surface area contributed by atoms with Crippen LogP contribution in [0.4, 0.5) is 15.8 Å². The summed E-state index contributed by atoms with van der Waals surface area (Å²) in [5.41, 5.74) is 6.35. The Morgan fingerprint density at radius 2 is 1.82 bits per heavy atom. The molecule has 2 aromatic rings. The molecule has 0 atom stereocenters. The Kier molecular flexibility index (Phi) is 6.99. The molecule has 0 heterocycles. The summed E-state index contributed by atoms with van der Waals surface area (Å²) in [7, 11) is 1.47. The van der Waals surface area contributed by atoms with Gasteiger partial charge in [-0.15, -0.1) is 12.4 Å². The monoisotopic (exact) mass is 407 g/mol. The maximum Gasteiger partial charge on any atom is 0.255 e. The molecule has 0 spiro atoms. The van der Waals surface area contributed by atoms with Gasteiger partial charge in [-0.05, 0) is 49.2 Å². The molecule has 1 fully saturated rings. The third-order valence-corrected chi connectivity index (χ3v) is 4.74. The molecule has 0 saturated heterocycles. The van der Waals surface area contributed by atoms with E-state index in [0.29, 0.717) is 30.0 Å². The average Bonchev–Trinajstić information content (AvgIpc) is 3.10. The van der Waals surface area contributed by atoms with Crippen molar-refractivity contribution >= 4 is 35.6 Å². The molecule has 2 aromatic carbocycles. The number of ether oxygens (including phenoxy) is 1. The standard InChI is InChI=1S/C20H22FN3O3.ClH/c1-27-17-8-7-15(23-19(26)20(22)9-2-3-10-20)12-16(17)24-18(25)13-5-4-6-14(21)11-13;/h4-8,11-12H,2-3,9-10,22H2,1H3,(H,23,26)(H,24,25);1H. The molecule has 1 aliphatic rings. The highest BCUT2D eigenvalue weighted by molar-refractivity contribution is 6.06. The first-order chi connectivity index (χ1) is 12.9. The zero-order valence-corrected chi connectivity index (χ0v) is 16.3. The largest absolute Gasteiger partial charge is 0.495 e. The van der Waals surface area contributed by atoms with E-state index in [1.54, 1.807) is 18.2 Å². The third-order valence-electron chi connectivity index (χ3n) is 4.74. The van der Waals surface area contributed by atoms with Crippen LogP contribution in [0.15, 0.2) is 42.5 Å². The molecule has 0 radical (unpaired) electrons. The third kappa shape index (κ3) is 4.79. The van der Waals surface area contributed by atoms with Gasteiger partial charge in [0.05, 0.1) is 18.3 Å². The van der Waals surface area contributed by atoms with Gasteiger partial charge in [0, 0.05) is 11.3 Å². The van der Waals surface area contributed by atoms with Gasteiger partial charge in [-0.3, -0.25) is 9.59 Å². The van der Waals surface area contributed by atoms with E-state index < -0.39 is 17.3 Å². The molecule has 4 N–H and O–H groups in total. The molecule has 0 bridgehead atoms. The Hall–Kier alpha value is -2.64. The number of nitrogens with one attached hydrogen (secondary N) is 2. The van der Waals surface area contributed by atoms with E-state index in [4.69, 9.17) is 10.5 Å². The highest BCUT2D eigenvalue weighted by Gasteiger charge is 2.37. The smallest absolute Gasteiger partial charge is 0.255 e. The fourth-order valence-corrected chi connectivity index (χ4v) is 3.20. The summed E-state index contributed by atoms with van der Waals surface area (Å²) < 4.78 is 18.6. The molecule has 1 saturated carbocycles. The molecule has 150 valence electrons. The predicted molar refractivity (Wildman–Crippen MR) is 109 cm³/mol. The Labute approximate surface area is 169 Å². The van der Waals surface area contributed by atoms with Gasteiger partial charge in [-0.2, -0.15) is 0 Å². The average molecular weight is 408 g/mol. The van der Waals surface area contributed by atoms with Gasteiger partial charge in [0.2, 0.25) is 5.91 Å². The van der Waals surface area contributed by atoms with Gasteiger partial charge in [0.15, 0.2) is 0 Å². The molecule has 0 aliphatic heterocycles. The van der Waals surface area contributed by atoms with Crippen LogP contribution in [0.1, 0.15) is 36.0 Å². The number of hydrogen-bond donors (Lipinski definition) is 3. The molecular weight excluding hydrogens is 385 g/mol. The van der Waals surface area contributed by atoms with E-state index in [1.807, 2.05) is 0 Å². The Balaban J connectivity index is 0.00000280. The number of nitrogens with two attached hydrogens (primary N) is 1. The number of amides is 2. The summed E-state index contributed by atoms with van der Waals surface area (Å²) in [5, 5.41) is 5.49. The maximum atomic E-state index is 13.3. The summed E-state index contributed by atoms with van der Waals surface area (Å²) in [6.07, 6.45) is 3.17. The van der Waals surface area contributed by atoms with Crippen LogP contribution in [0.2, 0.25) is 0 Å². The first-order valence-corrected chi connectivity index (χ1v) is 8.76. The SMILES string of the molecule is COc1ccc(NC(=O)C2(N)CCCC2)cc1NC(=O)c1cccc(F)c1.Cl. The lowest BCUT2D eigenvalue weighted by molar-refractivity contribution is -0.121. The van der Waals surface area contributed by atoms with E-state index in [2.05, 4.69) is 10.6 Å². The molecular formula is C20H23ClFN3O3. The van der Waals surface area contributed by atoms with Crippen LogP contribution in [0.25, 0.3) is 0 Å². The number of carbonyl (C=O) groups is 2. The van der Waals surface area contributed by atoms with Crippen LogP contribution in [0, 0.1) is 5.82 Å². The van der Waals surface area contributed by atoms with Gasteiger partial charge in [-0.25, -0.2) is 4.39 Å². The van der Waals surface area contributed by atoms with Crippen LogP contribution in [-0.2, 0) is 4.79 Å². The molecule has 0 unspecified atom stereocenters. The normalized spacial score (nSPS) is 14.7. The van der Waals surface area contributed by atoms with E-state index in [-0.39, 0.29) is 23.9 Å². The van der Waals surface area contributed by atoms with E-state index >= 15 is 0 Å². The summed E-state index contributed by atoms with van der Waals surface area (Å²) in [5.74, 6) is -0.809. The van der Waals surface area contributed by atoms with Crippen LogP contribution in [0.5, 0.6) is 5.75 Å². The van der Waals surface area contributed by atoms with Gasteiger partial charge >= 0.3 is 0 Å². The van der Waals surface area contributed by atoms with Gasteiger partial charge in [-0.1, -0.05) is 18.9 Å². The van der Waals surface area contributed by atoms with Gasteiger partial charge in [0.25, 0.3) is 5.91 Å². The van der Waals surface area contributed by atoms with E-state index in [9.17, 15) is 14.0 Å². The van der Waals surface area contributed by atoms with Crippen molar-refractivity contribution in [2.45, 2.75) is 31.2 Å². The minimum atomic E-state index is -0.856. The van der Waals surface area contributed by atoms with Gasteiger partial charge < -0.3 is 21.1 Å². The first-order valence-electron chi connectivity index (χ1n) is 8.76. The summed E-state index contributed by atoms with van der Waals surface area (Å²) in [4.78, 5) is 24.9. The molecule has 1 aliphatic carbocycles. The maximum absolute atomic E-state index is 13.3. The van der Waals surface area contributed by atoms with Crippen molar-refractivity contribution < 1.29 is 18.7 Å². The van der Waals surface area contributed by atoms with Crippen molar-refractivity contribution in [2.24, 2.45) is 5.73 Å². The zero-order chi connectivity index (χ0) is 19.4. The first kappa shape index (κ1) is 21.7. The molecule has 0 aromatic heterocycles. The van der Waals surface area contributed by atoms with Crippen molar-refractivity contribution in [3.05, 3.63) is 53.8 Å². The topological polar surface area (TPSA) is 93.4 Å². The van der Waals surface area contributed by atoms with Crippen LogP contribution in [0.3, 0.4) is 0 Å². The van der Waals surface area contributed by atoms with Crippen molar-refractivity contribution in [1.82, 2.24) is 0 Å². The molecule has 8 heteroatoms. The number of methoxy groups -OCH3 is 1. The van der Waals surface area contributed by atoms with Crippen LogP contribution < -0.4 is 21.1 Å². The van der Waals surface area contributed by atoms with E-state index in [1.165, 1.54) is 25.3 Å². The van der Waals surface area contributed by atoms with Gasteiger partial charge in [0.1, 0.15) is 11.6 Å². The van der Waals surface area contributed by atoms with Crippen molar-refractivity contribution in [3.8, 4) is 5.75 Å². The molecule has 2 amide bonds. The predicted octanol–water partition coefficient (Wildman–Crippen LogP) is 3.72. The fraction of sp³-hybridized carbons (Fsp3) is 0.300. The second-order valence-electron chi connectivity index (χ2n) is 6.70. The number of benzene rings is 2. The number of anilines is 2. The number of hydrogen-bond acceptors (Lipinski definition) is 4. The lowest BCUT2D eigenvalue weighted by atomic mass is 9.98. The Morgan fingerprint density at radius 1 is 1.11 bits per heavy atom. The lowest BCUT2D eigenvalue weighted by Gasteiger charge is -2.22. The highest BCUT2D eigenvalue weighted by atomic mass is 35.5. The highest BCUT2D eigenvalue weighted by Crippen LogP contribution is 2.31. The van der Waals surface area contributed by atoms with E-state index in [0.717, 1.165) is 18.9 Å². The van der Waals surface area contributed by atoms with Crippen molar-refractivity contribution in [2.75, 3.05) is 17.7 Å². The zero-order valence-electron chi connectivity index (χ0n) is 15.5. The fourth-order valence-electron chi connectivity index (χ4n) is 3.20.